The van der Waals surface area contributed by atoms with Crippen LogP contribution in [0.15, 0.2) is 30.6 Å². The number of hydrogen-bond donors (Lipinski definition) is 0. The van der Waals surface area contributed by atoms with E-state index in [9.17, 15) is 0 Å². The van der Waals surface area contributed by atoms with Crippen molar-refractivity contribution in [2.75, 3.05) is 19.6 Å². The molecule has 1 aromatic carbocycles. The molecule has 0 amide bonds. The summed E-state index contributed by atoms with van der Waals surface area (Å²) in [5.41, 5.74) is 3.00. The summed E-state index contributed by atoms with van der Waals surface area (Å²) in [6, 6.07) is 6.47. The van der Waals surface area contributed by atoms with Crippen molar-refractivity contribution < 1.29 is 4.74 Å². The average molecular weight is 330 g/mol. The SMILES string of the molecule is Cc1ccc(-c2cnc(OC3CN4CCC3CC4)nc2)c(Cl)c1. The summed E-state index contributed by atoms with van der Waals surface area (Å²) in [5, 5.41) is 0.722. The van der Waals surface area contributed by atoms with Crippen LogP contribution in [0.3, 0.4) is 0 Å². The van der Waals surface area contributed by atoms with E-state index in [2.05, 4.69) is 14.9 Å². The summed E-state index contributed by atoms with van der Waals surface area (Å²) in [6.45, 7) is 5.43. The molecule has 120 valence electrons. The Labute approximate surface area is 141 Å². The summed E-state index contributed by atoms with van der Waals surface area (Å²) in [7, 11) is 0. The number of nitrogens with zero attached hydrogens (tertiary/aromatic N) is 3. The molecule has 1 unspecified atom stereocenters. The van der Waals surface area contributed by atoms with Crippen LogP contribution in [-0.2, 0) is 0 Å². The third kappa shape index (κ3) is 3.06. The van der Waals surface area contributed by atoms with E-state index in [4.69, 9.17) is 16.3 Å². The number of benzene rings is 1. The summed E-state index contributed by atoms with van der Waals surface area (Å²) in [5.74, 6) is 0.648. The van der Waals surface area contributed by atoms with Crippen LogP contribution in [0.25, 0.3) is 11.1 Å². The van der Waals surface area contributed by atoms with Crippen molar-refractivity contribution >= 4 is 11.6 Å². The third-order valence-electron chi connectivity index (χ3n) is 4.92. The maximum Gasteiger partial charge on any atom is 0.316 e. The van der Waals surface area contributed by atoms with E-state index >= 15 is 0 Å². The molecule has 5 rings (SSSR count). The van der Waals surface area contributed by atoms with E-state index in [1.54, 1.807) is 12.4 Å². The van der Waals surface area contributed by atoms with Crippen LogP contribution >= 0.6 is 11.6 Å². The van der Waals surface area contributed by atoms with Gasteiger partial charge in [-0.25, -0.2) is 9.97 Å². The fourth-order valence-corrected chi connectivity index (χ4v) is 3.89. The van der Waals surface area contributed by atoms with Gasteiger partial charge in [-0.15, -0.1) is 0 Å². The lowest BCUT2D eigenvalue weighted by Crippen LogP contribution is -2.52. The van der Waals surface area contributed by atoms with E-state index < -0.39 is 0 Å². The van der Waals surface area contributed by atoms with Crippen LogP contribution in [0.1, 0.15) is 18.4 Å². The molecule has 0 radical (unpaired) electrons. The van der Waals surface area contributed by atoms with E-state index in [0.717, 1.165) is 28.3 Å². The molecule has 3 aliphatic heterocycles. The van der Waals surface area contributed by atoms with Crippen LogP contribution in [0.5, 0.6) is 6.01 Å². The molecule has 5 heteroatoms. The van der Waals surface area contributed by atoms with Crippen LogP contribution < -0.4 is 4.74 Å². The van der Waals surface area contributed by atoms with Crippen LogP contribution in [-0.4, -0.2) is 40.6 Å². The summed E-state index contributed by atoms with van der Waals surface area (Å²) >= 11 is 6.31. The molecular formula is C18H20ClN3O. The van der Waals surface area contributed by atoms with Crippen LogP contribution in [0.4, 0.5) is 0 Å². The van der Waals surface area contributed by atoms with E-state index in [-0.39, 0.29) is 6.10 Å². The lowest BCUT2D eigenvalue weighted by atomic mass is 9.86. The maximum atomic E-state index is 6.31. The van der Waals surface area contributed by atoms with Gasteiger partial charge in [0.2, 0.25) is 0 Å². The molecule has 3 saturated heterocycles. The minimum absolute atomic E-state index is 0.228. The van der Waals surface area contributed by atoms with Gasteiger partial charge in [-0.3, -0.25) is 4.90 Å². The van der Waals surface area contributed by atoms with Gasteiger partial charge in [0.25, 0.3) is 0 Å². The molecule has 0 aliphatic carbocycles. The monoisotopic (exact) mass is 329 g/mol. The Morgan fingerprint density at radius 3 is 2.52 bits per heavy atom. The van der Waals surface area contributed by atoms with Gasteiger partial charge >= 0.3 is 6.01 Å². The lowest BCUT2D eigenvalue weighted by molar-refractivity contribution is -0.0123. The van der Waals surface area contributed by atoms with Crippen molar-refractivity contribution in [3.05, 3.63) is 41.2 Å². The standard InChI is InChI=1S/C18H20ClN3O/c1-12-2-3-15(16(19)8-12)14-9-20-18(21-10-14)23-17-11-22-6-4-13(17)5-7-22/h2-3,8-10,13,17H,4-7,11H2,1H3. The zero-order valence-electron chi connectivity index (χ0n) is 13.2. The Morgan fingerprint density at radius 1 is 1.17 bits per heavy atom. The number of halogens is 1. The normalized spacial score (nSPS) is 26.3. The van der Waals surface area contributed by atoms with Gasteiger partial charge in [0.1, 0.15) is 6.10 Å². The Kier molecular flexibility index (Phi) is 3.95. The molecule has 1 atom stereocenters. The molecule has 2 aromatic rings. The zero-order chi connectivity index (χ0) is 15.8. The predicted octanol–water partition coefficient (Wildman–Crippen LogP) is 3.58. The van der Waals surface area contributed by atoms with Gasteiger partial charge in [-0.05, 0) is 50.4 Å². The zero-order valence-corrected chi connectivity index (χ0v) is 14.0. The van der Waals surface area contributed by atoms with Crippen molar-refractivity contribution in [2.45, 2.75) is 25.9 Å². The quantitative estimate of drug-likeness (QED) is 0.862. The Hall–Kier alpha value is -1.65. The predicted molar refractivity (Wildman–Crippen MR) is 90.8 cm³/mol. The van der Waals surface area contributed by atoms with Crippen LogP contribution in [0, 0.1) is 12.8 Å². The summed E-state index contributed by atoms with van der Waals surface area (Å²) < 4.78 is 6.03. The first kappa shape index (κ1) is 14.9. The number of rotatable bonds is 3. The number of fused-ring (bicyclic) bond motifs is 3. The fraction of sp³-hybridized carbons (Fsp3) is 0.444. The van der Waals surface area contributed by atoms with Gasteiger partial charge < -0.3 is 4.74 Å². The van der Waals surface area contributed by atoms with Gasteiger partial charge in [0.05, 0.1) is 0 Å². The van der Waals surface area contributed by atoms with Crippen molar-refractivity contribution in [1.82, 2.24) is 14.9 Å². The molecule has 4 heterocycles. The van der Waals surface area contributed by atoms with Gasteiger partial charge in [-0.1, -0.05) is 23.7 Å². The first-order chi connectivity index (χ1) is 11.2. The number of aryl methyl sites for hydroxylation is 1. The first-order valence-corrected chi connectivity index (χ1v) is 8.54. The molecule has 23 heavy (non-hydrogen) atoms. The van der Waals surface area contributed by atoms with Crippen molar-refractivity contribution in [2.24, 2.45) is 5.92 Å². The molecule has 0 saturated carbocycles. The average Bonchev–Trinajstić information content (AvgIpc) is 2.57. The third-order valence-corrected chi connectivity index (χ3v) is 5.23. The van der Waals surface area contributed by atoms with Crippen LogP contribution in [0.2, 0.25) is 5.02 Å². The first-order valence-electron chi connectivity index (χ1n) is 8.16. The van der Waals surface area contributed by atoms with Gasteiger partial charge in [-0.2, -0.15) is 0 Å². The minimum Gasteiger partial charge on any atom is -0.458 e. The molecule has 1 aromatic heterocycles. The number of hydrogen-bond acceptors (Lipinski definition) is 4. The fourth-order valence-electron chi connectivity index (χ4n) is 3.55. The highest BCUT2D eigenvalue weighted by Gasteiger charge is 2.35. The molecule has 3 fully saturated rings. The Bertz CT molecular complexity index is 696. The maximum absolute atomic E-state index is 6.31. The van der Waals surface area contributed by atoms with Crippen molar-refractivity contribution in [3.8, 4) is 17.1 Å². The Morgan fingerprint density at radius 2 is 1.91 bits per heavy atom. The number of aromatic nitrogens is 2. The molecular weight excluding hydrogens is 310 g/mol. The van der Waals surface area contributed by atoms with E-state index in [0.29, 0.717) is 11.9 Å². The molecule has 0 N–H and O–H groups in total. The second kappa shape index (κ2) is 6.10. The van der Waals surface area contributed by atoms with E-state index in [1.165, 1.54) is 25.9 Å². The summed E-state index contributed by atoms with van der Waals surface area (Å²) in [4.78, 5) is 11.2. The topological polar surface area (TPSA) is 38.2 Å². The largest absolute Gasteiger partial charge is 0.458 e. The van der Waals surface area contributed by atoms with Crippen molar-refractivity contribution in [3.63, 3.8) is 0 Å². The Balaban J connectivity index is 1.50. The van der Waals surface area contributed by atoms with E-state index in [1.807, 2.05) is 25.1 Å². The number of piperidine rings is 3. The minimum atomic E-state index is 0.228. The second-order valence-corrected chi connectivity index (χ2v) is 6.94. The molecule has 2 bridgehead atoms. The molecule has 4 nitrogen and oxygen atoms in total. The smallest absolute Gasteiger partial charge is 0.316 e. The van der Waals surface area contributed by atoms with Gasteiger partial charge in [0.15, 0.2) is 0 Å². The lowest BCUT2D eigenvalue weighted by Gasteiger charge is -2.43. The van der Waals surface area contributed by atoms with Gasteiger partial charge in [0, 0.05) is 35.1 Å². The number of ether oxygens (including phenoxy) is 1. The highest BCUT2D eigenvalue weighted by Crippen LogP contribution is 2.31. The highest BCUT2D eigenvalue weighted by molar-refractivity contribution is 6.33. The highest BCUT2D eigenvalue weighted by atomic mass is 35.5. The molecule has 3 aliphatic rings. The second-order valence-electron chi connectivity index (χ2n) is 6.53. The summed E-state index contributed by atoms with van der Waals surface area (Å²) in [6.07, 6.45) is 6.26. The molecule has 0 spiro atoms. The van der Waals surface area contributed by atoms with Crippen molar-refractivity contribution in [1.29, 1.82) is 0 Å².